The molecule has 0 saturated carbocycles. The molecular formula is C16H24N2O3. The minimum atomic E-state index is -0.0387. The Balaban J connectivity index is 1.84. The molecule has 1 aliphatic rings. The van der Waals surface area contributed by atoms with Crippen LogP contribution in [-0.2, 0) is 16.1 Å². The van der Waals surface area contributed by atoms with Crippen molar-refractivity contribution in [1.82, 2.24) is 4.57 Å². The van der Waals surface area contributed by atoms with E-state index >= 15 is 0 Å². The molecule has 1 aliphatic heterocycles. The van der Waals surface area contributed by atoms with Crippen LogP contribution in [0.3, 0.4) is 0 Å². The van der Waals surface area contributed by atoms with Crippen LogP contribution in [0.25, 0.3) is 0 Å². The molecule has 2 heterocycles. The number of aromatic nitrogens is 1. The SMILES string of the molecule is CCCn1cc(NC(=O)CC[C@@H]2CC[C@H](C)O2)ccc1=O. The van der Waals surface area contributed by atoms with E-state index in [0.29, 0.717) is 24.8 Å². The van der Waals surface area contributed by atoms with Crippen molar-refractivity contribution >= 4 is 11.6 Å². The van der Waals surface area contributed by atoms with Crippen LogP contribution >= 0.6 is 0 Å². The highest BCUT2D eigenvalue weighted by Crippen LogP contribution is 2.22. The van der Waals surface area contributed by atoms with Gasteiger partial charge in [-0.15, -0.1) is 0 Å². The molecule has 116 valence electrons. The van der Waals surface area contributed by atoms with Crippen molar-refractivity contribution in [2.24, 2.45) is 0 Å². The summed E-state index contributed by atoms with van der Waals surface area (Å²) in [6.45, 7) is 4.74. The summed E-state index contributed by atoms with van der Waals surface area (Å²) in [6.07, 6.45) is 6.43. The fourth-order valence-corrected chi connectivity index (χ4v) is 2.63. The molecule has 1 amide bonds. The molecular weight excluding hydrogens is 268 g/mol. The minimum absolute atomic E-state index is 0.0279. The van der Waals surface area contributed by atoms with Gasteiger partial charge in [-0.2, -0.15) is 0 Å². The van der Waals surface area contributed by atoms with Crippen molar-refractivity contribution in [2.75, 3.05) is 5.32 Å². The quantitative estimate of drug-likeness (QED) is 0.876. The second-order valence-electron chi connectivity index (χ2n) is 5.68. The third kappa shape index (κ3) is 4.70. The zero-order valence-corrected chi connectivity index (χ0v) is 12.8. The van der Waals surface area contributed by atoms with E-state index in [-0.39, 0.29) is 17.6 Å². The van der Waals surface area contributed by atoms with Gasteiger partial charge in [0.05, 0.1) is 17.9 Å². The lowest BCUT2D eigenvalue weighted by molar-refractivity contribution is -0.116. The molecule has 1 N–H and O–H groups in total. The lowest BCUT2D eigenvalue weighted by Gasteiger charge is -2.11. The lowest BCUT2D eigenvalue weighted by atomic mass is 10.1. The topological polar surface area (TPSA) is 60.3 Å². The van der Waals surface area contributed by atoms with E-state index in [9.17, 15) is 9.59 Å². The van der Waals surface area contributed by atoms with Gasteiger partial charge in [-0.1, -0.05) is 6.92 Å². The first-order valence-electron chi connectivity index (χ1n) is 7.74. The van der Waals surface area contributed by atoms with E-state index in [1.165, 1.54) is 6.07 Å². The molecule has 1 saturated heterocycles. The van der Waals surface area contributed by atoms with Gasteiger partial charge in [0.1, 0.15) is 0 Å². The van der Waals surface area contributed by atoms with Crippen molar-refractivity contribution in [3.8, 4) is 0 Å². The predicted octanol–water partition coefficient (Wildman–Crippen LogP) is 2.54. The Labute approximate surface area is 125 Å². The molecule has 0 spiro atoms. The number of hydrogen-bond acceptors (Lipinski definition) is 3. The van der Waals surface area contributed by atoms with Gasteiger partial charge in [0.2, 0.25) is 5.91 Å². The van der Waals surface area contributed by atoms with Crippen LogP contribution in [0.5, 0.6) is 0 Å². The summed E-state index contributed by atoms with van der Waals surface area (Å²) in [6, 6.07) is 3.15. The normalized spacial score (nSPS) is 21.4. The highest BCUT2D eigenvalue weighted by Gasteiger charge is 2.22. The average Bonchev–Trinajstić information content (AvgIpc) is 2.86. The highest BCUT2D eigenvalue weighted by atomic mass is 16.5. The van der Waals surface area contributed by atoms with E-state index in [1.54, 1.807) is 16.8 Å². The van der Waals surface area contributed by atoms with Crippen LogP contribution in [0.2, 0.25) is 0 Å². The van der Waals surface area contributed by atoms with E-state index in [0.717, 1.165) is 25.7 Å². The molecule has 5 heteroatoms. The van der Waals surface area contributed by atoms with E-state index in [1.807, 2.05) is 6.92 Å². The summed E-state index contributed by atoms with van der Waals surface area (Å²) in [4.78, 5) is 23.6. The third-order valence-electron chi connectivity index (χ3n) is 3.75. The highest BCUT2D eigenvalue weighted by molar-refractivity contribution is 5.90. The molecule has 1 aromatic rings. The number of pyridine rings is 1. The molecule has 0 bridgehead atoms. The summed E-state index contributed by atoms with van der Waals surface area (Å²) in [5.74, 6) is -0.0279. The fourth-order valence-electron chi connectivity index (χ4n) is 2.63. The first-order chi connectivity index (χ1) is 10.1. The minimum Gasteiger partial charge on any atom is -0.375 e. The number of hydrogen-bond donors (Lipinski definition) is 1. The maximum Gasteiger partial charge on any atom is 0.250 e. The Morgan fingerprint density at radius 2 is 2.24 bits per heavy atom. The molecule has 21 heavy (non-hydrogen) atoms. The Morgan fingerprint density at radius 1 is 1.43 bits per heavy atom. The second kappa shape index (κ2) is 7.41. The largest absolute Gasteiger partial charge is 0.375 e. The van der Waals surface area contributed by atoms with Crippen molar-refractivity contribution in [1.29, 1.82) is 0 Å². The number of rotatable bonds is 6. The second-order valence-corrected chi connectivity index (χ2v) is 5.68. The van der Waals surface area contributed by atoms with E-state index in [2.05, 4.69) is 12.2 Å². The van der Waals surface area contributed by atoms with Gasteiger partial charge < -0.3 is 14.6 Å². The van der Waals surface area contributed by atoms with Crippen LogP contribution in [0.4, 0.5) is 5.69 Å². The van der Waals surface area contributed by atoms with Crippen molar-refractivity contribution in [3.05, 3.63) is 28.7 Å². The number of nitrogens with zero attached hydrogens (tertiary/aromatic N) is 1. The van der Waals surface area contributed by atoms with Gasteiger partial charge in [0, 0.05) is 25.2 Å². The van der Waals surface area contributed by atoms with Crippen LogP contribution in [0.1, 0.15) is 46.0 Å². The van der Waals surface area contributed by atoms with Gasteiger partial charge in [0.25, 0.3) is 5.56 Å². The summed E-state index contributed by atoms with van der Waals surface area (Å²) in [5.41, 5.74) is 0.636. The maximum atomic E-state index is 12.0. The first-order valence-corrected chi connectivity index (χ1v) is 7.74. The number of ether oxygens (including phenoxy) is 1. The van der Waals surface area contributed by atoms with Gasteiger partial charge in [-0.05, 0) is 38.7 Å². The average molecular weight is 292 g/mol. The number of nitrogens with one attached hydrogen (secondary N) is 1. The summed E-state index contributed by atoms with van der Waals surface area (Å²) in [5, 5.41) is 2.85. The molecule has 2 atom stereocenters. The number of amides is 1. The van der Waals surface area contributed by atoms with Gasteiger partial charge >= 0.3 is 0 Å². The van der Waals surface area contributed by atoms with Crippen molar-refractivity contribution in [3.63, 3.8) is 0 Å². The van der Waals surface area contributed by atoms with Gasteiger partial charge in [0.15, 0.2) is 0 Å². The summed E-state index contributed by atoms with van der Waals surface area (Å²) >= 11 is 0. The number of carbonyl (C=O) groups is 1. The van der Waals surface area contributed by atoms with Crippen molar-refractivity contribution < 1.29 is 9.53 Å². The standard InChI is InChI=1S/C16H24N2O3/c1-3-10-18-11-13(5-9-16(18)20)17-15(19)8-7-14-6-4-12(2)21-14/h5,9,11-12,14H,3-4,6-8,10H2,1-2H3,(H,17,19)/t12-,14-/m0/s1. The number of aryl methyl sites for hydroxylation is 1. The monoisotopic (exact) mass is 292 g/mol. The Morgan fingerprint density at radius 3 is 2.90 bits per heavy atom. The smallest absolute Gasteiger partial charge is 0.250 e. The zero-order chi connectivity index (χ0) is 15.2. The third-order valence-corrected chi connectivity index (χ3v) is 3.75. The fraction of sp³-hybridized carbons (Fsp3) is 0.625. The van der Waals surface area contributed by atoms with Gasteiger partial charge in [-0.25, -0.2) is 0 Å². The number of carbonyl (C=O) groups excluding carboxylic acids is 1. The zero-order valence-electron chi connectivity index (χ0n) is 12.8. The Kier molecular flexibility index (Phi) is 5.56. The summed E-state index contributed by atoms with van der Waals surface area (Å²) in [7, 11) is 0. The molecule has 1 fully saturated rings. The predicted molar refractivity (Wildman–Crippen MR) is 82.4 cm³/mol. The molecule has 0 aliphatic carbocycles. The van der Waals surface area contributed by atoms with E-state index in [4.69, 9.17) is 4.74 Å². The van der Waals surface area contributed by atoms with Gasteiger partial charge in [-0.3, -0.25) is 9.59 Å². The summed E-state index contributed by atoms with van der Waals surface area (Å²) < 4.78 is 7.33. The molecule has 5 nitrogen and oxygen atoms in total. The molecule has 2 rings (SSSR count). The first kappa shape index (κ1) is 15.8. The van der Waals surface area contributed by atoms with Crippen LogP contribution in [-0.4, -0.2) is 22.7 Å². The molecule has 0 unspecified atom stereocenters. The molecule has 0 aromatic carbocycles. The molecule has 0 radical (unpaired) electrons. The van der Waals surface area contributed by atoms with E-state index < -0.39 is 0 Å². The number of anilines is 1. The lowest BCUT2D eigenvalue weighted by Crippen LogP contribution is -2.21. The Bertz CT molecular complexity index is 539. The maximum absolute atomic E-state index is 12.0. The van der Waals surface area contributed by atoms with Crippen molar-refractivity contribution in [2.45, 2.75) is 64.7 Å². The van der Waals surface area contributed by atoms with Crippen LogP contribution < -0.4 is 10.9 Å². The molecule has 1 aromatic heterocycles. The van der Waals surface area contributed by atoms with Crippen LogP contribution in [0, 0.1) is 0 Å². The Hall–Kier alpha value is -1.62. The van der Waals surface area contributed by atoms with Crippen LogP contribution in [0.15, 0.2) is 23.1 Å².